The molecule has 0 aromatic rings. The van der Waals surface area contributed by atoms with Crippen molar-refractivity contribution in [1.29, 1.82) is 0 Å². The van der Waals surface area contributed by atoms with Gasteiger partial charge in [-0.2, -0.15) is 0 Å². The Hall–Kier alpha value is -0.610. The first-order valence-electron chi connectivity index (χ1n) is 7.44. The summed E-state index contributed by atoms with van der Waals surface area (Å²) in [5.41, 5.74) is 0.659. The number of piperidine rings is 1. The summed E-state index contributed by atoms with van der Waals surface area (Å²) >= 11 is 0. The van der Waals surface area contributed by atoms with Crippen molar-refractivity contribution in [2.75, 3.05) is 26.2 Å². The number of rotatable bonds is 5. The van der Waals surface area contributed by atoms with E-state index in [1.165, 1.54) is 0 Å². The lowest BCUT2D eigenvalue weighted by molar-refractivity contribution is -0.128. The van der Waals surface area contributed by atoms with E-state index < -0.39 is 0 Å². The normalized spacial score (nSPS) is 26.1. The molecule has 2 aliphatic rings. The maximum atomic E-state index is 11.8. The van der Waals surface area contributed by atoms with Crippen molar-refractivity contribution in [1.82, 2.24) is 10.6 Å². The molecule has 1 heterocycles. The molecule has 0 atom stereocenters. The Labute approximate surface area is 116 Å². The van der Waals surface area contributed by atoms with Crippen LogP contribution in [0, 0.1) is 16.7 Å². The highest BCUT2D eigenvalue weighted by atomic mass is 16.5. The van der Waals surface area contributed by atoms with Gasteiger partial charge in [0.2, 0.25) is 5.91 Å². The van der Waals surface area contributed by atoms with E-state index in [0.29, 0.717) is 16.7 Å². The van der Waals surface area contributed by atoms with E-state index in [2.05, 4.69) is 38.3 Å². The first kappa shape index (κ1) is 14.8. The van der Waals surface area contributed by atoms with Crippen LogP contribution in [0.5, 0.6) is 0 Å². The molecule has 0 aromatic carbocycles. The van der Waals surface area contributed by atoms with E-state index in [0.717, 1.165) is 32.5 Å². The third kappa shape index (κ3) is 3.11. The van der Waals surface area contributed by atoms with Gasteiger partial charge in [0.1, 0.15) is 6.61 Å². The summed E-state index contributed by atoms with van der Waals surface area (Å²) in [6, 6.07) is 0. The standard InChI is InChI=1S/C15H28N2O2/c1-14(2)12(15(14,3)4)9-17-13(18)10-19-11-5-7-16-8-6-11/h11-12,16H,5-10H2,1-4H3,(H,17,18). The third-order valence-electron chi connectivity index (χ3n) is 5.56. The van der Waals surface area contributed by atoms with Crippen molar-refractivity contribution in [3.63, 3.8) is 0 Å². The maximum Gasteiger partial charge on any atom is 0.246 e. The van der Waals surface area contributed by atoms with Gasteiger partial charge >= 0.3 is 0 Å². The van der Waals surface area contributed by atoms with Crippen LogP contribution in [0.15, 0.2) is 0 Å². The van der Waals surface area contributed by atoms with Crippen molar-refractivity contribution < 1.29 is 9.53 Å². The molecule has 0 spiro atoms. The van der Waals surface area contributed by atoms with Crippen LogP contribution in [0.2, 0.25) is 0 Å². The lowest BCUT2D eigenvalue weighted by Gasteiger charge is -2.22. The summed E-state index contributed by atoms with van der Waals surface area (Å²) in [6.07, 6.45) is 2.27. The summed E-state index contributed by atoms with van der Waals surface area (Å²) in [4.78, 5) is 11.8. The second-order valence-electron chi connectivity index (χ2n) is 7.06. The van der Waals surface area contributed by atoms with Crippen molar-refractivity contribution in [2.45, 2.75) is 46.6 Å². The molecule has 4 nitrogen and oxygen atoms in total. The van der Waals surface area contributed by atoms with Crippen LogP contribution >= 0.6 is 0 Å². The Balaban J connectivity index is 1.63. The number of carbonyl (C=O) groups excluding carboxylic acids is 1. The summed E-state index contributed by atoms with van der Waals surface area (Å²) in [7, 11) is 0. The highest BCUT2D eigenvalue weighted by Gasteiger charge is 2.64. The minimum atomic E-state index is 0.0250. The highest BCUT2D eigenvalue weighted by Crippen LogP contribution is 2.67. The Morgan fingerprint density at radius 3 is 2.32 bits per heavy atom. The van der Waals surface area contributed by atoms with Crippen LogP contribution in [-0.4, -0.2) is 38.3 Å². The molecule has 2 rings (SSSR count). The minimum absolute atomic E-state index is 0.0250. The quantitative estimate of drug-likeness (QED) is 0.795. The molecule has 19 heavy (non-hydrogen) atoms. The summed E-state index contributed by atoms with van der Waals surface area (Å²) < 4.78 is 5.65. The van der Waals surface area contributed by atoms with Crippen LogP contribution in [0.4, 0.5) is 0 Å². The topological polar surface area (TPSA) is 50.4 Å². The van der Waals surface area contributed by atoms with Gasteiger partial charge < -0.3 is 15.4 Å². The molecule has 1 amide bonds. The van der Waals surface area contributed by atoms with Crippen LogP contribution in [0.1, 0.15) is 40.5 Å². The van der Waals surface area contributed by atoms with E-state index >= 15 is 0 Å². The summed E-state index contributed by atoms with van der Waals surface area (Å²) in [5.74, 6) is 0.597. The molecule has 4 heteroatoms. The van der Waals surface area contributed by atoms with Gasteiger partial charge in [0.05, 0.1) is 6.10 Å². The van der Waals surface area contributed by atoms with Crippen LogP contribution in [0.3, 0.4) is 0 Å². The molecule has 2 N–H and O–H groups in total. The Bertz CT molecular complexity index is 319. The average Bonchev–Trinajstić information content (AvgIpc) is 2.76. The number of amides is 1. The molecule has 110 valence electrons. The lowest BCUT2D eigenvalue weighted by Crippen LogP contribution is -2.36. The minimum Gasteiger partial charge on any atom is -0.368 e. The van der Waals surface area contributed by atoms with E-state index in [1.54, 1.807) is 0 Å². The SMILES string of the molecule is CC1(C)C(CNC(=O)COC2CCNCC2)C1(C)C. The molecule has 0 aromatic heterocycles. The zero-order chi connectivity index (χ0) is 14.1. The molecule has 2 fully saturated rings. The van der Waals surface area contributed by atoms with Crippen molar-refractivity contribution in [2.24, 2.45) is 16.7 Å². The van der Waals surface area contributed by atoms with Gasteiger partial charge in [0, 0.05) is 6.54 Å². The van der Waals surface area contributed by atoms with Gasteiger partial charge in [-0.3, -0.25) is 4.79 Å². The van der Waals surface area contributed by atoms with Gasteiger partial charge in [-0.1, -0.05) is 27.7 Å². The third-order valence-corrected chi connectivity index (χ3v) is 5.56. The van der Waals surface area contributed by atoms with Gasteiger partial charge in [0.15, 0.2) is 0 Å². The van der Waals surface area contributed by atoms with Gasteiger partial charge in [0.25, 0.3) is 0 Å². The fraction of sp³-hybridized carbons (Fsp3) is 0.933. The van der Waals surface area contributed by atoms with Crippen molar-refractivity contribution in [3.05, 3.63) is 0 Å². The Morgan fingerprint density at radius 2 is 1.79 bits per heavy atom. The Kier molecular flexibility index (Phi) is 4.21. The summed E-state index contributed by atoms with van der Waals surface area (Å²) in [5, 5.41) is 6.30. The van der Waals surface area contributed by atoms with Gasteiger partial charge in [-0.25, -0.2) is 0 Å². The zero-order valence-electron chi connectivity index (χ0n) is 12.7. The molecule has 0 radical (unpaired) electrons. The molecular formula is C15H28N2O2. The first-order chi connectivity index (χ1) is 8.85. The summed E-state index contributed by atoms with van der Waals surface area (Å²) in [6.45, 7) is 12.1. The fourth-order valence-corrected chi connectivity index (χ4v) is 3.27. The first-order valence-corrected chi connectivity index (χ1v) is 7.44. The second kappa shape index (κ2) is 5.41. The molecule has 0 bridgehead atoms. The molecule has 1 aliphatic heterocycles. The maximum absolute atomic E-state index is 11.8. The van der Waals surface area contributed by atoms with E-state index in [9.17, 15) is 4.79 Å². The van der Waals surface area contributed by atoms with Gasteiger partial charge in [-0.15, -0.1) is 0 Å². The number of ether oxygens (including phenoxy) is 1. The van der Waals surface area contributed by atoms with E-state index in [1.807, 2.05) is 0 Å². The molecule has 1 aliphatic carbocycles. The smallest absolute Gasteiger partial charge is 0.246 e. The zero-order valence-corrected chi connectivity index (χ0v) is 12.7. The number of carbonyl (C=O) groups is 1. The van der Waals surface area contributed by atoms with Crippen molar-refractivity contribution >= 4 is 5.91 Å². The number of hydrogen-bond acceptors (Lipinski definition) is 3. The Morgan fingerprint density at radius 1 is 1.21 bits per heavy atom. The second-order valence-corrected chi connectivity index (χ2v) is 7.06. The number of hydrogen-bond donors (Lipinski definition) is 2. The monoisotopic (exact) mass is 268 g/mol. The molecule has 1 saturated heterocycles. The lowest BCUT2D eigenvalue weighted by atomic mass is 10.0. The van der Waals surface area contributed by atoms with E-state index in [-0.39, 0.29) is 18.6 Å². The predicted octanol–water partition coefficient (Wildman–Crippen LogP) is 1.55. The molecule has 0 unspecified atom stereocenters. The van der Waals surface area contributed by atoms with E-state index in [4.69, 9.17) is 4.74 Å². The fourth-order valence-electron chi connectivity index (χ4n) is 3.27. The van der Waals surface area contributed by atoms with Gasteiger partial charge in [-0.05, 0) is 42.7 Å². The predicted molar refractivity (Wildman–Crippen MR) is 75.9 cm³/mol. The van der Waals surface area contributed by atoms with Crippen LogP contribution < -0.4 is 10.6 Å². The largest absolute Gasteiger partial charge is 0.368 e. The highest BCUT2D eigenvalue weighted by molar-refractivity contribution is 5.77. The van der Waals surface area contributed by atoms with Crippen molar-refractivity contribution in [3.8, 4) is 0 Å². The molecule has 1 saturated carbocycles. The average molecular weight is 268 g/mol. The number of nitrogens with one attached hydrogen (secondary N) is 2. The molecular weight excluding hydrogens is 240 g/mol. The van der Waals surface area contributed by atoms with Crippen LogP contribution in [-0.2, 0) is 9.53 Å². The van der Waals surface area contributed by atoms with Crippen LogP contribution in [0.25, 0.3) is 0 Å².